The quantitative estimate of drug-likeness (QED) is 0.465. The summed E-state index contributed by atoms with van der Waals surface area (Å²) in [5.41, 5.74) is 1.14. The van der Waals surface area contributed by atoms with Gasteiger partial charge < -0.3 is 14.1 Å². The van der Waals surface area contributed by atoms with Gasteiger partial charge in [-0.15, -0.1) is 0 Å². The highest BCUT2D eigenvalue weighted by Gasteiger charge is 2.13. The smallest absolute Gasteiger partial charge is 0.336 e. The molecule has 0 aliphatic carbocycles. The predicted molar refractivity (Wildman–Crippen MR) is 103 cm³/mol. The SMILES string of the molecule is Cc1cc(=O)oc2cc(OCCSC(=S)N3CCCCC3)ccc12. The van der Waals surface area contributed by atoms with E-state index >= 15 is 0 Å². The third-order valence-electron chi connectivity index (χ3n) is 4.11. The highest BCUT2D eigenvalue weighted by Crippen LogP contribution is 2.22. The lowest BCUT2D eigenvalue weighted by Crippen LogP contribution is -2.33. The second-order valence-corrected chi connectivity index (χ2v) is 7.65. The highest BCUT2D eigenvalue weighted by molar-refractivity contribution is 8.22. The fraction of sp³-hybridized carbons (Fsp3) is 0.444. The van der Waals surface area contributed by atoms with Crippen LogP contribution in [-0.2, 0) is 0 Å². The molecule has 6 heteroatoms. The molecule has 0 spiro atoms. The molecule has 3 rings (SSSR count). The molecule has 1 saturated heterocycles. The van der Waals surface area contributed by atoms with E-state index in [-0.39, 0.29) is 5.63 Å². The summed E-state index contributed by atoms with van der Waals surface area (Å²) in [7, 11) is 0. The number of likely N-dealkylation sites (tertiary alicyclic amines) is 1. The van der Waals surface area contributed by atoms with E-state index in [4.69, 9.17) is 21.4 Å². The van der Waals surface area contributed by atoms with Crippen LogP contribution in [-0.4, -0.2) is 34.7 Å². The van der Waals surface area contributed by atoms with Gasteiger partial charge in [-0.3, -0.25) is 0 Å². The van der Waals surface area contributed by atoms with E-state index in [0.29, 0.717) is 17.9 Å². The summed E-state index contributed by atoms with van der Waals surface area (Å²) in [5, 5.41) is 0.933. The van der Waals surface area contributed by atoms with Gasteiger partial charge in [0, 0.05) is 36.4 Å². The molecule has 1 aromatic heterocycles. The van der Waals surface area contributed by atoms with Crippen molar-refractivity contribution in [3.63, 3.8) is 0 Å². The molecule has 0 unspecified atom stereocenters. The molecule has 1 fully saturated rings. The maximum absolute atomic E-state index is 11.5. The van der Waals surface area contributed by atoms with Crippen LogP contribution in [0, 0.1) is 6.92 Å². The van der Waals surface area contributed by atoms with Gasteiger partial charge in [0.2, 0.25) is 0 Å². The lowest BCUT2D eigenvalue weighted by Gasteiger charge is -2.28. The number of thiocarbonyl (C=S) groups is 1. The molecule has 0 bridgehead atoms. The van der Waals surface area contributed by atoms with Crippen LogP contribution in [0.4, 0.5) is 0 Å². The molecule has 0 N–H and O–H groups in total. The molecule has 2 aromatic rings. The lowest BCUT2D eigenvalue weighted by molar-refractivity contribution is 0.342. The molecule has 1 aliphatic heterocycles. The summed E-state index contributed by atoms with van der Waals surface area (Å²) >= 11 is 7.15. The Hall–Kier alpha value is -1.53. The summed E-state index contributed by atoms with van der Waals surface area (Å²) in [5.74, 6) is 1.52. The first-order valence-electron chi connectivity index (χ1n) is 8.22. The number of piperidine rings is 1. The monoisotopic (exact) mass is 363 g/mol. The third-order valence-corrected chi connectivity index (χ3v) is 5.60. The van der Waals surface area contributed by atoms with Crippen LogP contribution in [0.5, 0.6) is 5.75 Å². The molecule has 0 amide bonds. The first kappa shape index (κ1) is 17.3. The van der Waals surface area contributed by atoms with Gasteiger partial charge in [-0.2, -0.15) is 0 Å². The Bertz CT molecular complexity index is 781. The maximum Gasteiger partial charge on any atom is 0.336 e. The van der Waals surface area contributed by atoms with Crippen molar-refractivity contribution in [2.45, 2.75) is 26.2 Å². The number of aryl methyl sites for hydroxylation is 1. The molecular formula is C18H21NO3S2. The van der Waals surface area contributed by atoms with E-state index in [1.807, 2.05) is 19.1 Å². The van der Waals surface area contributed by atoms with Crippen molar-refractivity contribution < 1.29 is 9.15 Å². The van der Waals surface area contributed by atoms with E-state index in [1.165, 1.54) is 25.3 Å². The molecule has 4 nitrogen and oxygen atoms in total. The minimum absolute atomic E-state index is 0.334. The first-order valence-corrected chi connectivity index (χ1v) is 9.62. The van der Waals surface area contributed by atoms with Crippen LogP contribution in [0.3, 0.4) is 0 Å². The zero-order chi connectivity index (χ0) is 16.9. The van der Waals surface area contributed by atoms with E-state index in [0.717, 1.165) is 34.1 Å². The molecule has 24 heavy (non-hydrogen) atoms. The molecular weight excluding hydrogens is 342 g/mol. The Labute approximate surface area is 151 Å². The number of benzene rings is 1. The Morgan fingerprint density at radius 2 is 2.08 bits per heavy atom. The minimum Gasteiger partial charge on any atom is -0.493 e. The summed E-state index contributed by atoms with van der Waals surface area (Å²) in [6.07, 6.45) is 3.78. The average molecular weight is 364 g/mol. The van der Waals surface area contributed by atoms with E-state index in [1.54, 1.807) is 17.8 Å². The van der Waals surface area contributed by atoms with Crippen LogP contribution in [0.2, 0.25) is 0 Å². The maximum atomic E-state index is 11.5. The molecule has 1 aliphatic rings. The molecule has 0 atom stereocenters. The van der Waals surface area contributed by atoms with Crippen molar-refractivity contribution in [1.29, 1.82) is 0 Å². The number of hydrogen-bond donors (Lipinski definition) is 0. The van der Waals surface area contributed by atoms with Crippen molar-refractivity contribution in [2.75, 3.05) is 25.4 Å². The van der Waals surface area contributed by atoms with E-state index in [2.05, 4.69) is 4.90 Å². The van der Waals surface area contributed by atoms with Gasteiger partial charge in [-0.25, -0.2) is 4.79 Å². The third kappa shape index (κ3) is 4.30. The van der Waals surface area contributed by atoms with Crippen LogP contribution in [0.15, 0.2) is 33.5 Å². The summed E-state index contributed by atoms with van der Waals surface area (Å²) in [6.45, 7) is 4.63. The van der Waals surface area contributed by atoms with Crippen LogP contribution < -0.4 is 10.4 Å². The number of nitrogens with zero attached hydrogens (tertiary/aromatic N) is 1. The number of rotatable bonds is 4. The van der Waals surface area contributed by atoms with E-state index in [9.17, 15) is 4.79 Å². The summed E-state index contributed by atoms with van der Waals surface area (Å²) in [4.78, 5) is 13.8. The first-order chi connectivity index (χ1) is 11.6. The fourth-order valence-corrected chi connectivity index (χ4v) is 3.99. The Morgan fingerprint density at radius 3 is 2.88 bits per heavy atom. The van der Waals surface area contributed by atoms with Gasteiger partial charge in [-0.05, 0) is 43.9 Å². The summed E-state index contributed by atoms with van der Waals surface area (Å²) < 4.78 is 12.0. The Kier molecular flexibility index (Phi) is 5.79. The molecule has 128 valence electrons. The number of ether oxygens (including phenoxy) is 1. The number of hydrogen-bond acceptors (Lipinski definition) is 5. The topological polar surface area (TPSA) is 42.7 Å². The van der Waals surface area contributed by atoms with E-state index < -0.39 is 0 Å². The Morgan fingerprint density at radius 1 is 1.29 bits per heavy atom. The number of fused-ring (bicyclic) bond motifs is 1. The standard InChI is InChI=1S/C18H21NO3S2/c1-13-11-17(20)22-16-12-14(5-6-15(13)16)21-9-10-24-18(23)19-7-3-2-4-8-19/h5-6,11-12H,2-4,7-10H2,1H3. The molecule has 0 saturated carbocycles. The van der Waals surface area contributed by atoms with Crippen molar-refractivity contribution in [3.8, 4) is 5.75 Å². The van der Waals surface area contributed by atoms with Crippen molar-refractivity contribution in [3.05, 3.63) is 40.2 Å². The summed E-state index contributed by atoms with van der Waals surface area (Å²) in [6, 6.07) is 7.11. The fourth-order valence-electron chi connectivity index (χ4n) is 2.85. The molecule has 1 aromatic carbocycles. The van der Waals surface area contributed by atoms with Crippen LogP contribution >= 0.6 is 24.0 Å². The normalized spacial score (nSPS) is 14.8. The predicted octanol–water partition coefficient (Wildman–Crippen LogP) is 3.98. The average Bonchev–Trinajstić information content (AvgIpc) is 2.59. The Balaban J connectivity index is 1.52. The van der Waals surface area contributed by atoms with Gasteiger partial charge >= 0.3 is 5.63 Å². The van der Waals surface area contributed by atoms with Gasteiger partial charge in [0.15, 0.2) is 0 Å². The van der Waals surface area contributed by atoms with Crippen molar-refractivity contribution >= 4 is 39.3 Å². The molecule has 0 radical (unpaired) electrons. The lowest BCUT2D eigenvalue weighted by atomic mass is 10.1. The second-order valence-electron chi connectivity index (χ2n) is 5.92. The van der Waals surface area contributed by atoms with Crippen molar-refractivity contribution in [2.24, 2.45) is 0 Å². The second kappa shape index (κ2) is 8.03. The zero-order valence-electron chi connectivity index (χ0n) is 13.7. The van der Waals surface area contributed by atoms with Gasteiger partial charge in [-0.1, -0.05) is 24.0 Å². The highest BCUT2D eigenvalue weighted by atomic mass is 32.2. The largest absolute Gasteiger partial charge is 0.493 e. The minimum atomic E-state index is -0.334. The zero-order valence-corrected chi connectivity index (χ0v) is 15.4. The number of thioether (sulfide) groups is 1. The van der Waals surface area contributed by atoms with Gasteiger partial charge in [0.1, 0.15) is 15.7 Å². The van der Waals surface area contributed by atoms with Crippen LogP contribution in [0.1, 0.15) is 24.8 Å². The molecule has 2 heterocycles. The van der Waals surface area contributed by atoms with Gasteiger partial charge in [0.25, 0.3) is 0 Å². The van der Waals surface area contributed by atoms with Gasteiger partial charge in [0.05, 0.1) is 6.61 Å². The van der Waals surface area contributed by atoms with Crippen LogP contribution in [0.25, 0.3) is 11.0 Å². The van der Waals surface area contributed by atoms with Crippen molar-refractivity contribution in [1.82, 2.24) is 4.90 Å².